The van der Waals surface area contributed by atoms with Gasteiger partial charge in [-0.05, 0) is 57.5 Å². The van der Waals surface area contributed by atoms with Crippen LogP contribution in [-0.2, 0) is 6.42 Å². The normalized spacial score (nSPS) is 11.8. The second-order valence-corrected chi connectivity index (χ2v) is 5.83. The quantitative estimate of drug-likeness (QED) is 0.741. The third-order valence-corrected chi connectivity index (χ3v) is 3.52. The minimum absolute atomic E-state index is 0.0152. The minimum Gasteiger partial charge on any atom is -0.335 e. The fraction of sp³-hybridized carbons (Fsp3) is 0.353. The lowest BCUT2D eigenvalue weighted by molar-refractivity contribution is 0.101. The molecule has 0 aliphatic carbocycles. The largest absolute Gasteiger partial charge is 0.335 e. The number of rotatable bonds is 5. The molecule has 0 radical (unpaired) electrons. The van der Waals surface area contributed by atoms with Gasteiger partial charge in [0.25, 0.3) is 0 Å². The van der Waals surface area contributed by atoms with E-state index in [1.165, 1.54) is 6.92 Å². The van der Waals surface area contributed by atoms with Crippen LogP contribution in [-0.4, -0.2) is 28.1 Å². The first-order valence-electron chi connectivity index (χ1n) is 7.55. The molecule has 2 rings (SSSR count). The first kappa shape index (κ1) is 16.7. The summed E-state index contributed by atoms with van der Waals surface area (Å²) in [5.74, 6) is 0.0152. The lowest BCUT2D eigenvalue weighted by Crippen LogP contribution is -2.37. The lowest BCUT2D eigenvalue weighted by Gasteiger charge is -2.14. The molecular formula is C17H22N4O2. The van der Waals surface area contributed by atoms with E-state index in [2.05, 4.69) is 20.8 Å². The van der Waals surface area contributed by atoms with Gasteiger partial charge in [0.1, 0.15) is 0 Å². The molecule has 0 unspecified atom stereocenters. The Bertz CT molecular complexity index is 721. The number of ketones is 1. The Kier molecular flexibility index (Phi) is 5.16. The van der Waals surface area contributed by atoms with Gasteiger partial charge < -0.3 is 10.6 Å². The van der Waals surface area contributed by atoms with E-state index < -0.39 is 0 Å². The summed E-state index contributed by atoms with van der Waals surface area (Å²) in [6, 6.07) is 6.88. The molecule has 0 aliphatic heterocycles. The molecule has 122 valence electrons. The maximum Gasteiger partial charge on any atom is 0.319 e. The Morgan fingerprint density at radius 1 is 1.26 bits per heavy atom. The number of carbonyl (C=O) groups is 2. The summed E-state index contributed by atoms with van der Waals surface area (Å²) in [5.41, 5.74) is 4.08. The van der Waals surface area contributed by atoms with E-state index in [1.54, 1.807) is 18.2 Å². The first-order chi connectivity index (χ1) is 10.8. The van der Waals surface area contributed by atoms with Crippen LogP contribution >= 0.6 is 0 Å². The van der Waals surface area contributed by atoms with Crippen LogP contribution in [0.25, 0.3) is 0 Å². The van der Waals surface area contributed by atoms with Crippen molar-refractivity contribution in [2.24, 2.45) is 0 Å². The van der Waals surface area contributed by atoms with E-state index >= 15 is 0 Å². The van der Waals surface area contributed by atoms with Gasteiger partial charge in [-0.25, -0.2) is 4.79 Å². The van der Waals surface area contributed by atoms with Gasteiger partial charge in [0.2, 0.25) is 0 Å². The lowest BCUT2D eigenvalue weighted by atomic mass is 10.1. The zero-order valence-electron chi connectivity index (χ0n) is 13.9. The van der Waals surface area contributed by atoms with Crippen molar-refractivity contribution in [3.63, 3.8) is 0 Å². The smallest absolute Gasteiger partial charge is 0.319 e. The van der Waals surface area contributed by atoms with Crippen LogP contribution in [0.4, 0.5) is 10.5 Å². The molecule has 2 amide bonds. The molecule has 1 aromatic carbocycles. The topological polar surface area (TPSA) is 86.9 Å². The number of nitrogens with one attached hydrogen (secondary N) is 3. The highest BCUT2D eigenvalue weighted by Crippen LogP contribution is 2.15. The number of nitrogens with zero attached hydrogens (tertiary/aromatic N) is 1. The number of benzene rings is 1. The van der Waals surface area contributed by atoms with Crippen molar-refractivity contribution in [1.82, 2.24) is 15.5 Å². The summed E-state index contributed by atoms with van der Waals surface area (Å²) in [6.45, 7) is 7.24. The molecule has 2 aromatic rings. The highest BCUT2D eigenvalue weighted by molar-refractivity contribution is 5.96. The molecule has 0 aliphatic rings. The standard InChI is InChI=1S/C17H22N4O2/c1-10-7-14(5-6-16(10)13(4)22)19-17(23)18-11(2)8-15-9-12(3)20-21-15/h5-7,9,11H,8H2,1-4H3,(H,20,21)(H2,18,19,23)/t11-/m1/s1. The average Bonchev–Trinajstić information content (AvgIpc) is 2.83. The third kappa shape index (κ3) is 4.67. The summed E-state index contributed by atoms with van der Waals surface area (Å²) in [4.78, 5) is 23.4. The Labute approximate surface area is 135 Å². The molecular weight excluding hydrogens is 292 g/mol. The second kappa shape index (κ2) is 7.09. The number of hydrogen-bond donors (Lipinski definition) is 3. The predicted octanol–water partition coefficient (Wildman–Crippen LogP) is 2.98. The number of Topliss-reactive ketones (excluding diaryl/α,β-unsaturated/α-hetero) is 1. The van der Waals surface area contributed by atoms with Crippen molar-refractivity contribution in [3.05, 3.63) is 46.8 Å². The van der Waals surface area contributed by atoms with Crippen molar-refractivity contribution in [1.29, 1.82) is 0 Å². The van der Waals surface area contributed by atoms with Crippen LogP contribution < -0.4 is 10.6 Å². The second-order valence-electron chi connectivity index (χ2n) is 5.83. The van der Waals surface area contributed by atoms with E-state index in [1.807, 2.05) is 26.8 Å². The summed E-state index contributed by atoms with van der Waals surface area (Å²) >= 11 is 0. The summed E-state index contributed by atoms with van der Waals surface area (Å²) < 4.78 is 0. The van der Waals surface area contributed by atoms with Crippen molar-refractivity contribution in [3.8, 4) is 0 Å². The fourth-order valence-corrected chi connectivity index (χ4v) is 2.47. The highest BCUT2D eigenvalue weighted by atomic mass is 16.2. The number of urea groups is 1. The van der Waals surface area contributed by atoms with Crippen molar-refractivity contribution in [2.45, 2.75) is 40.2 Å². The van der Waals surface area contributed by atoms with Gasteiger partial charge in [0, 0.05) is 29.4 Å². The van der Waals surface area contributed by atoms with Crippen molar-refractivity contribution < 1.29 is 9.59 Å². The molecule has 1 aromatic heterocycles. The Morgan fingerprint density at radius 3 is 2.57 bits per heavy atom. The van der Waals surface area contributed by atoms with Crippen LogP contribution in [0.15, 0.2) is 24.3 Å². The van der Waals surface area contributed by atoms with E-state index in [0.717, 1.165) is 17.0 Å². The van der Waals surface area contributed by atoms with E-state index in [9.17, 15) is 9.59 Å². The van der Waals surface area contributed by atoms with E-state index in [0.29, 0.717) is 17.7 Å². The number of amides is 2. The molecule has 0 saturated carbocycles. The molecule has 3 N–H and O–H groups in total. The number of aryl methyl sites for hydroxylation is 2. The van der Waals surface area contributed by atoms with Crippen LogP contribution in [0, 0.1) is 13.8 Å². The van der Waals surface area contributed by atoms with E-state index in [-0.39, 0.29) is 17.9 Å². The number of anilines is 1. The molecule has 6 nitrogen and oxygen atoms in total. The van der Waals surface area contributed by atoms with Gasteiger partial charge in [0.15, 0.2) is 5.78 Å². The number of H-pyrrole nitrogens is 1. The zero-order valence-corrected chi connectivity index (χ0v) is 13.9. The minimum atomic E-state index is -0.278. The third-order valence-electron chi connectivity index (χ3n) is 3.52. The number of aromatic amines is 1. The molecule has 0 bridgehead atoms. The summed E-state index contributed by atoms with van der Waals surface area (Å²) in [6.07, 6.45) is 0.653. The Balaban J connectivity index is 1.91. The molecule has 6 heteroatoms. The SMILES string of the molecule is CC(=O)c1ccc(NC(=O)N[C@H](C)Cc2cc(C)[nH]n2)cc1C. The highest BCUT2D eigenvalue weighted by Gasteiger charge is 2.11. The first-order valence-corrected chi connectivity index (χ1v) is 7.55. The van der Waals surface area contributed by atoms with E-state index in [4.69, 9.17) is 0 Å². The van der Waals surface area contributed by atoms with Crippen LogP contribution in [0.1, 0.15) is 41.2 Å². The van der Waals surface area contributed by atoms with Crippen LogP contribution in [0.3, 0.4) is 0 Å². The summed E-state index contributed by atoms with van der Waals surface area (Å²) in [5, 5.41) is 12.7. The maximum absolute atomic E-state index is 12.0. The maximum atomic E-state index is 12.0. The molecule has 0 saturated heterocycles. The van der Waals surface area contributed by atoms with Gasteiger partial charge in [0.05, 0.1) is 5.69 Å². The van der Waals surface area contributed by atoms with Gasteiger partial charge in [-0.2, -0.15) is 5.10 Å². The molecule has 1 atom stereocenters. The Morgan fingerprint density at radius 2 is 2.00 bits per heavy atom. The average molecular weight is 314 g/mol. The number of carbonyl (C=O) groups excluding carboxylic acids is 2. The monoisotopic (exact) mass is 314 g/mol. The van der Waals surface area contributed by atoms with Gasteiger partial charge in [-0.15, -0.1) is 0 Å². The molecule has 0 spiro atoms. The van der Waals surface area contributed by atoms with Crippen LogP contribution in [0.2, 0.25) is 0 Å². The number of aromatic nitrogens is 2. The van der Waals surface area contributed by atoms with Crippen LogP contribution in [0.5, 0.6) is 0 Å². The van der Waals surface area contributed by atoms with Gasteiger partial charge in [-0.3, -0.25) is 9.89 Å². The fourth-order valence-electron chi connectivity index (χ4n) is 2.47. The zero-order chi connectivity index (χ0) is 17.0. The Hall–Kier alpha value is -2.63. The molecule has 23 heavy (non-hydrogen) atoms. The number of hydrogen-bond acceptors (Lipinski definition) is 3. The van der Waals surface area contributed by atoms with Gasteiger partial charge >= 0.3 is 6.03 Å². The molecule has 1 heterocycles. The summed E-state index contributed by atoms with van der Waals surface area (Å²) in [7, 11) is 0. The molecule has 0 fully saturated rings. The van der Waals surface area contributed by atoms with Gasteiger partial charge in [-0.1, -0.05) is 0 Å². The van der Waals surface area contributed by atoms with Crippen molar-refractivity contribution >= 4 is 17.5 Å². The predicted molar refractivity (Wildman–Crippen MR) is 89.8 cm³/mol. The van der Waals surface area contributed by atoms with Crippen molar-refractivity contribution in [2.75, 3.05) is 5.32 Å².